The summed E-state index contributed by atoms with van der Waals surface area (Å²) in [4.78, 5) is -0.0304. The highest BCUT2D eigenvalue weighted by Gasteiger charge is 2.23. The predicted molar refractivity (Wildman–Crippen MR) is 58.7 cm³/mol. The molecule has 0 aliphatic heterocycles. The Morgan fingerprint density at radius 3 is 1.71 bits per heavy atom. The minimum absolute atomic E-state index is 0.0304. The summed E-state index contributed by atoms with van der Waals surface area (Å²) in [6.07, 6.45) is 0. The van der Waals surface area contributed by atoms with Crippen molar-refractivity contribution < 1.29 is 8.42 Å². The zero-order chi connectivity index (χ0) is 11.0. The number of benzene rings is 1. The molecule has 0 aromatic heterocycles. The van der Waals surface area contributed by atoms with Gasteiger partial charge in [-0.3, -0.25) is 0 Å². The summed E-state index contributed by atoms with van der Waals surface area (Å²) in [7, 11) is 1.38. The van der Waals surface area contributed by atoms with E-state index in [-0.39, 0.29) is 4.90 Å². The van der Waals surface area contributed by atoms with Gasteiger partial charge in [0.1, 0.15) is 0 Å². The molecule has 0 spiro atoms. The van der Waals surface area contributed by atoms with E-state index in [0.717, 1.165) is 0 Å². The first-order valence-electron chi connectivity index (χ1n) is 3.33. The minimum Gasteiger partial charge on any atom is -0.207 e. The Morgan fingerprint density at radius 1 is 1.00 bits per heavy atom. The Morgan fingerprint density at radius 2 is 1.43 bits per heavy atom. The maximum Gasteiger partial charge on any atom is 0.261 e. The molecule has 0 atom stereocenters. The first-order valence-corrected chi connectivity index (χ1v) is 6.77. The van der Waals surface area contributed by atoms with Gasteiger partial charge < -0.3 is 0 Å². The second-order valence-electron chi connectivity index (χ2n) is 2.46. The van der Waals surface area contributed by atoms with Crippen molar-refractivity contribution in [3.05, 3.63) is 29.8 Å². The van der Waals surface area contributed by atoms with Gasteiger partial charge in [0.2, 0.25) is 3.79 Å². The van der Waals surface area contributed by atoms with Crippen LogP contribution in [0.25, 0.3) is 0 Å². The predicted octanol–water partition coefficient (Wildman–Crippen LogP) is 3.44. The van der Waals surface area contributed by atoms with E-state index in [0.29, 0.717) is 5.56 Å². The van der Waals surface area contributed by atoms with Crippen molar-refractivity contribution in [2.24, 2.45) is 0 Å². The highest BCUT2D eigenvalue weighted by molar-refractivity contribution is 8.13. The van der Waals surface area contributed by atoms with Crippen LogP contribution in [-0.4, -0.2) is 8.42 Å². The molecule has 0 saturated carbocycles. The van der Waals surface area contributed by atoms with E-state index >= 15 is 0 Å². The van der Waals surface area contributed by atoms with E-state index in [1.54, 1.807) is 0 Å². The van der Waals surface area contributed by atoms with E-state index in [1.807, 2.05) is 0 Å². The van der Waals surface area contributed by atoms with Crippen molar-refractivity contribution in [1.29, 1.82) is 0 Å². The molecule has 7 heteroatoms. The molecule has 0 heterocycles. The fourth-order valence-corrected chi connectivity index (χ4v) is 1.95. The van der Waals surface area contributed by atoms with Crippen LogP contribution in [0.4, 0.5) is 0 Å². The third-order valence-electron chi connectivity index (χ3n) is 1.46. The van der Waals surface area contributed by atoms with Gasteiger partial charge in [-0.1, -0.05) is 46.9 Å². The fraction of sp³-hybridized carbons (Fsp3) is 0.143. The summed E-state index contributed by atoms with van der Waals surface area (Å²) in [5.41, 5.74) is 0.381. The molecule has 0 amide bonds. The number of hydrogen-bond acceptors (Lipinski definition) is 2. The number of halogens is 4. The molecule has 0 N–H and O–H groups in total. The summed E-state index contributed by atoms with van der Waals surface area (Å²) < 4.78 is 20.2. The highest BCUT2D eigenvalue weighted by Crippen LogP contribution is 2.38. The molecule has 0 aliphatic carbocycles. The van der Waals surface area contributed by atoms with E-state index in [2.05, 4.69) is 0 Å². The molecular formula is C7H4Cl4O2S. The third kappa shape index (κ3) is 3.17. The maximum atomic E-state index is 10.9. The van der Waals surface area contributed by atoms with E-state index in [1.165, 1.54) is 24.3 Å². The zero-order valence-electron chi connectivity index (χ0n) is 6.55. The van der Waals surface area contributed by atoms with Gasteiger partial charge in [-0.2, -0.15) is 0 Å². The second-order valence-corrected chi connectivity index (χ2v) is 7.31. The van der Waals surface area contributed by atoms with Crippen molar-refractivity contribution in [1.82, 2.24) is 0 Å². The SMILES string of the molecule is O=S(=O)(Cl)c1ccc(C(Cl)(Cl)Cl)cc1. The molecule has 0 radical (unpaired) electrons. The molecule has 0 fully saturated rings. The lowest BCUT2D eigenvalue weighted by Crippen LogP contribution is -2.00. The number of alkyl halides is 3. The average molecular weight is 294 g/mol. The van der Waals surface area contributed by atoms with Crippen molar-refractivity contribution in [3.8, 4) is 0 Å². The van der Waals surface area contributed by atoms with Gasteiger partial charge in [0.05, 0.1) is 4.90 Å². The molecule has 0 bridgehead atoms. The largest absolute Gasteiger partial charge is 0.261 e. The lowest BCUT2D eigenvalue weighted by molar-refractivity contribution is 0.609. The van der Waals surface area contributed by atoms with Crippen LogP contribution in [0.2, 0.25) is 0 Å². The molecule has 14 heavy (non-hydrogen) atoms. The van der Waals surface area contributed by atoms with Crippen molar-refractivity contribution in [2.45, 2.75) is 8.69 Å². The topological polar surface area (TPSA) is 34.1 Å². The van der Waals surface area contributed by atoms with Gasteiger partial charge in [0, 0.05) is 16.2 Å². The molecule has 78 valence electrons. The van der Waals surface area contributed by atoms with E-state index < -0.39 is 12.8 Å². The average Bonchev–Trinajstić information content (AvgIpc) is 2.01. The minimum atomic E-state index is -3.72. The third-order valence-corrected chi connectivity index (χ3v) is 3.49. The van der Waals surface area contributed by atoms with Crippen LogP contribution in [0.3, 0.4) is 0 Å². The van der Waals surface area contributed by atoms with Crippen LogP contribution in [0, 0.1) is 0 Å². The quantitative estimate of drug-likeness (QED) is 0.587. The van der Waals surface area contributed by atoms with Gasteiger partial charge in [-0.15, -0.1) is 0 Å². The van der Waals surface area contributed by atoms with Crippen LogP contribution < -0.4 is 0 Å². The smallest absolute Gasteiger partial charge is 0.207 e. The number of rotatable bonds is 1. The summed E-state index contributed by atoms with van der Waals surface area (Å²) in [5, 5.41) is 0. The molecule has 0 aliphatic rings. The van der Waals surface area contributed by atoms with Crippen LogP contribution in [0.1, 0.15) is 5.56 Å². The Balaban J connectivity index is 3.14. The monoisotopic (exact) mass is 292 g/mol. The Bertz CT molecular complexity index is 418. The molecule has 2 nitrogen and oxygen atoms in total. The van der Waals surface area contributed by atoms with Crippen LogP contribution >= 0.6 is 45.5 Å². The summed E-state index contributed by atoms with van der Waals surface area (Å²) in [6, 6.07) is 5.34. The van der Waals surface area contributed by atoms with Crippen LogP contribution in [0.15, 0.2) is 29.2 Å². The van der Waals surface area contributed by atoms with Gasteiger partial charge in [-0.25, -0.2) is 8.42 Å². The molecule has 1 aromatic rings. The molecular weight excluding hydrogens is 290 g/mol. The Labute approximate surface area is 101 Å². The summed E-state index contributed by atoms with van der Waals surface area (Å²) in [5.74, 6) is 0. The first-order chi connectivity index (χ1) is 6.21. The van der Waals surface area contributed by atoms with Crippen molar-refractivity contribution >= 4 is 54.5 Å². The van der Waals surface area contributed by atoms with E-state index in [9.17, 15) is 8.42 Å². The molecule has 0 unspecified atom stereocenters. The first kappa shape index (κ1) is 12.4. The lowest BCUT2D eigenvalue weighted by Gasteiger charge is -2.10. The summed E-state index contributed by atoms with van der Waals surface area (Å²) >= 11 is 16.7. The summed E-state index contributed by atoms with van der Waals surface area (Å²) in [6.45, 7) is 0. The molecule has 1 aromatic carbocycles. The normalized spacial score (nSPS) is 12.9. The zero-order valence-corrected chi connectivity index (χ0v) is 10.4. The van der Waals surface area contributed by atoms with Gasteiger partial charge in [0.15, 0.2) is 0 Å². The molecule has 0 saturated heterocycles. The van der Waals surface area contributed by atoms with Gasteiger partial charge >= 0.3 is 0 Å². The lowest BCUT2D eigenvalue weighted by atomic mass is 10.2. The molecule has 1 rings (SSSR count). The second kappa shape index (κ2) is 4.06. The van der Waals surface area contributed by atoms with Crippen molar-refractivity contribution in [2.75, 3.05) is 0 Å². The standard InChI is InChI=1S/C7H4Cl4O2S/c8-7(9,10)5-1-3-6(4-2-5)14(11,12)13/h1-4H. The Kier molecular flexibility index (Phi) is 3.60. The number of hydrogen-bond donors (Lipinski definition) is 0. The van der Waals surface area contributed by atoms with Crippen LogP contribution in [-0.2, 0) is 12.8 Å². The maximum absolute atomic E-state index is 10.9. The Hall–Kier alpha value is 0.330. The van der Waals surface area contributed by atoms with Gasteiger partial charge in [-0.05, 0) is 12.1 Å². The van der Waals surface area contributed by atoms with Crippen LogP contribution in [0.5, 0.6) is 0 Å². The van der Waals surface area contributed by atoms with E-state index in [4.69, 9.17) is 45.5 Å². The highest BCUT2D eigenvalue weighted by atomic mass is 35.7. The fourth-order valence-electron chi connectivity index (χ4n) is 0.806. The van der Waals surface area contributed by atoms with Crippen molar-refractivity contribution in [3.63, 3.8) is 0 Å². The van der Waals surface area contributed by atoms with Gasteiger partial charge in [0.25, 0.3) is 9.05 Å².